The molecular weight excluding hydrogens is 484 g/mol. The first-order valence-electron chi connectivity index (χ1n) is 11.8. The van der Waals surface area contributed by atoms with E-state index >= 15 is 0 Å². The molecule has 0 aliphatic heterocycles. The standard InChI is InChI=1S/C25H30N4O4S2/c1-5-32-17-12-10-16(11-13-17)22-27-28-25(29(22)4)34-14-20(30)26-23-21(24(31)33-15(2)3)18-8-6-7-9-19(18)35-23/h10-13,15H,5-9,14H2,1-4H3,(H,26,30). The van der Waals surface area contributed by atoms with E-state index in [0.29, 0.717) is 28.2 Å². The summed E-state index contributed by atoms with van der Waals surface area (Å²) >= 11 is 2.79. The number of thiophene rings is 1. The number of rotatable bonds is 9. The van der Waals surface area contributed by atoms with E-state index < -0.39 is 0 Å². The average molecular weight is 515 g/mol. The van der Waals surface area contributed by atoms with E-state index in [1.807, 2.05) is 56.7 Å². The van der Waals surface area contributed by atoms with Crippen LogP contribution in [0.5, 0.6) is 5.75 Å². The van der Waals surface area contributed by atoms with Gasteiger partial charge in [-0.05, 0) is 76.3 Å². The summed E-state index contributed by atoms with van der Waals surface area (Å²) in [5.41, 5.74) is 2.47. The van der Waals surface area contributed by atoms with Crippen molar-refractivity contribution in [1.82, 2.24) is 14.8 Å². The van der Waals surface area contributed by atoms with Gasteiger partial charge in [-0.3, -0.25) is 4.79 Å². The fraction of sp³-hybridized carbons (Fsp3) is 0.440. The Morgan fingerprint density at radius 3 is 2.63 bits per heavy atom. The molecule has 0 saturated heterocycles. The van der Waals surface area contributed by atoms with Crippen LogP contribution in [0.3, 0.4) is 0 Å². The summed E-state index contributed by atoms with van der Waals surface area (Å²) in [6.45, 7) is 6.21. The fourth-order valence-corrected chi connectivity index (χ4v) is 6.00. The van der Waals surface area contributed by atoms with Crippen molar-refractivity contribution in [2.45, 2.75) is 57.7 Å². The summed E-state index contributed by atoms with van der Waals surface area (Å²) in [7, 11) is 1.87. The molecule has 2 aromatic heterocycles. The first-order valence-corrected chi connectivity index (χ1v) is 13.6. The van der Waals surface area contributed by atoms with Crippen LogP contribution in [-0.4, -0.2) is 45.1 Å². The molecule has 3 aromatic rings. The van der Waals surface area contributed by atoms with Gasteiger partial charge in [0.25, 0.3) is 0 Å². The van der Waals surface area contributed by atoms with Crippen LogP contribution in [0, 0.1) is 0 Å². The molecule has 0 unspecified atom stereocenters. The molecule has 0 spiro atoms. The smallest absolute Gasteiger partial charge is 0.341 e. The van der Waals surface area contributed by atoms with Crippen molar-refractivity contribution in [3.8, 4) is 17.1 Å². The Morgan fingerprint density at radius 2 is 1.91 bits per heavy atom. The number of anilines is 1. The minimum Gasteiger partial charge on any atom is -0.494 e. The summed E-state index contributed by atoms with van der Waals surface area (Å²) < 4.78 is 12.8. The highest BCUT2D eigenvalue weighted by Crippen LogP contribution is 2.39. The van der Waals surface area contributed by atoms with Crippen LogP contribution in [0.2, 0.25) is 0 Å². The SMILES string of the molecule is CCOc1ccc(-c2nnc(SCC(=O)Nc3sc4c(c3C(=O)OC(C)C)CCCC4)n2C)cc1. The molecule has 4 rings (SSSR count). The third-order valence-corrected chi connectivity index (χ3v) is 7.79. The Balaban J connectivity index is 1.44. The highest BCUT2D eigenvalue weighted by Gasteiger charge is 2.28. The zero-order valence-corrected chi connectivity index (χ0v) is 22.1. The van der Waals surface area contributed by atoms with Crippen LogP contribution < -0.4 is 10.1 Å². The molecule has 186 valence electrons. The largest absolute Gasteiger partial charge is 0.494 e. The monoisotopic (exact) mass is 514 g/mol. The Kier molecular flexibility index (Phi) is 8.12. The Hall–Kier alpha value is -2.85. The number of ether oxygens (including phenoxy) is 2. The van der Waals surface area contributed by atoms with E-state index in [9.17, 15) is 9.59 Å². The zero-order chi connectivity index (χ0) is 24.9. The average Bonchev–Trinajstić information content (AvgIpc) is 3.37. The summed E-state index contributed by atoms with van der Waals surface area (Å²) in [6, 6.07) is 7.67. The van der Waals surface area contributed by atoms with Gasteiger partial charge >= 0.3 is 5.97 Å². The highest BCUT2D eigenvalue weighted by atomic mass is 32.2. The quantitative estimate of drug-likeness (QED) is 0.313. The Bertz CT molecular complexity index is 1200. The number of nitrogens with zero attached hydrogens (tertiary/aromatic N) is 3. The number of aryl methyl sites for hydroxylation is 1. The number of hydrogen-bond donors (Lipinski definition) is 1. The third kappa shape index (κ3) is 5.87. The van der Waals surface area contributed by atoms with Gasteiger partial charge in [0.05, 0.1) is 24.0 Å². The van der Waals surface area contributed by atoms with E-state index in [4.69, 9.17) is 9.47 Å². The molecule has 2 heterocycles. The van der Waals surface area contributed by atoms with Gasteiger partial charge in [-0.15, -0.1) is 21.5 Å². The maximum Gasteiger partial charge on any atom is 0.341 e. The summed E-state index contributed by atoms with van der Waals surface area (Å²) in [4.78, 5) is 26.8. The number of thioether (sulfide) groups is 1. The molecule has 1 N–H and O–H groups in total. The molecule has 8 nitrogen and oxygen atoms in total. The number of carbonyl (C=O) groups is 2. The van der Waals surface area contributed by atoms with Crippen LogP contribution in [0.25, 0.3) is 11.4 Å². The molecule has 0 bridgehead atoms. The van der Waals surface area contributed by atoms with Gasteiger partial charge in [-0.25, -0.2) is 4.79 Å². The number of nitrogens with one attached hydrogen (secondary N) is 1. The molecule has 0 fully saturated rings. The lowest BCUT2D eigenvalue weighted by Crippen LogP contribution is -2.19. The van der Waals surface area contributed by atoms with Crippen molar-refractivity contribution in [2.24, 2.45) is 7.05 Å². The van der Waals surface area contributed by atoms with Crippen molar-refractivity contribution < 1.29 is 19.1 Å². The topological polar surface area (TPSA) is 95.3 Å². The molecule has 0 saturated carbocycles. The molecule has 1 aromatic carbocycles. The van der Waals surface area contributed by atoms with Crippen molar-refractivity contribution in [2.75, 3.05) is 17.7 Å². The van der Waals surface area contributed by atoms with E-state index in [1.165, 1.54) is 28.0 Å². The second kappa shape index (κ2) is 11.3. The number of carbonyl (C=O) groups excluding carboxylic acids is 2. The van der Waals surface area contributed by atoms with Crippen LogP contribution in [0.4, 0.5) is 5.00 Å². The number of amides is 1. The van der Waals surface area contributed by atoms with E-state index in [1.54, 1.807) is 0 Å². The molecular formula is C25H30N4O4S2. The summed E-state index contributed by atoms with van der Waals surface area (Å²) in [5, 5.41) is 12.7. The molecule has 0 radical (unpaired) electrons. The first kappa shape index (κ1) is 25.2. The van der Waals surface area contributed by atoms with Crippen LogP contribution in [-0.2, 0) is 29.4 Å². The van der Waals surface area contributed by atoms with Crippen LogP contribution in [0.15, 0.2) is 29.4 Å². The van der Waals surface area contributed by atoms with Gasteiger partial charge in [0.1, 0.15) is 10.8 Å². The number of aromatic nitrogens is 3. The van der Waals surface area contributed by atoms with Crippen LogP contribution in [0.1, 0.15) is 54.4 Å². The minimum atomic E-state index is -0.365. The Labute approximate surface area is 213 Å². The van der Waals surface area contributed by atoms with Crippen molar-refractivity contribution in [3.05, 3.63) is 40.3 Å². The lowest BCUT2D eigenvalue weighted by atomic mass is 9.95. The van der Waals surface area contributed by atoms with Crippen molar-refractivity contribution >= 4 is 40.0 Å². The van der Waals surface area contributed by atoms with Gasteiger partial charge in [0, 0.05) is 17.5 Å². The van der Waals surface area contributed by atoms with Crippen molar-refractivity contribution in [1.29, 1.82) is 0 Å². The summed E-state index contributed by atoms with van der Waals surface area (Å²) in [5.74, 6) is 1.10. The predicted octanol–water partition coefficient (Wildman–Crippen LogP) is 5.12. The Morgan fingerprint density at radius 1 is 1.17 bits per heavy atom. The first-order chi connectivity index (χ1) is 16.9. The second-order valence-corrected chi connectivity index (χ2v) is 10.6. The van der Waals surface area contributed by atoms with E-state index in [2.05, 4.69) is 15.5 Å². The number of fused-ring (bicyclic) bond motifs is 1. The minimum absolute atomic E-state index is 0.149. The van der Waals surface area contributed by atoms with Gasteiger partial charge in [-0.2, -0.15) is 0 Å². The van der Waals surface area contributed by atoms with Gasteiger partial charge in [0.15, 0.2) is 11.0 Å². The third-order valence-electron chi connectivity index (χ3n) is 5.56. The van der Waals surface area contributed by atoms with Gasteiger partial charge < -0.3 is 19.4 Å². The molecule has 10 heteroatoms. The maximum absolute atomic E-state index is 12.8. The lowest BCUT2D eigenvalue weighted by Gasteiger charge is -2.14. The molecule has 35 heavy (non-hydrogen) atoms. The molecule has 1 aliphatic rings. The zero-order valence-electron chi connectivity index (χ0n) is 20.4. The number of benzene rings is 1. The molecule has 0 atom stereocenters. The number of esters is 1. The van der Waals surface area contributed by atoms with Crippen LogP contribution >= 0.6 is 23.1 Å². The fourth-order valence-electron chi connectivity index (χ4n) is 3.99. The molecule has 1 amide bonds. The molecule has 1 aliphatic carbocycles. The number of hydrogen-bond acceptors (Lipinski definition) is 8. The van der Waals surface area contributed by atoms with Gasteiger partial charge in [-0.1, -0.05) is 11.8 Å². The lowest BCUT2D eigenvalue weighted by molar-refractivity contribution is -0.113. The maximum atomic E-state index is 12.8. The van der Waals surface area contributed by atoms with Gasteiger partial charge in [0.2, 0.25) is 5.91 Å². The van der Waals surface area contributed by atoms with E-state index in [0.717, 1.165) is 42.6 Å². The summed E-state index contributed by atoms with van der Waals surface area (Å²) in [6.07, 6.45) is 3.68. The highest BCUT2D eigenvalue weighted by molar-refractivity contribution is 7.99. The normalized spacial score (nSPS) is 12.9. The predicted molar refractivity (Wildman–Crippen MR) is 138 cm³/mol. The van der Waals surface area contributed by atoms with Crippen molar-refractivity contribution in [3.63, 3.8) is 0 Å². The second-order valence-electron chi connectivity index (χ2n) is 8.53. The van der Waals surface area contributed by atoms with E-state index in [-0.39, 0.29) is 23.7 Å².